The summed E-state index contributed by atoms with van der Waals surface area (Å²) in [6.07, 6.45) is 1.20. The normalized spacial score (nSPS) is 16.7. The van der Waals surface area contributed by atoms with Gasteiger partial charge in [-0.25, -0.2) is 0 Å². The van der Waals surface area contributed by atoms with Crippen LogP contribution in [-0.2, 0) is 4.79 Å². The fraction of sp³-hybridized carbons (Fsp3) is 0.500. The summed E-state index contributed by atoms with van der Waals surface area (Å²) in [5.74, 6) is 0.129. The van der Waals surface area contributed by atoms with Crippen LogP contribution in [0.4, 0.5) is 0 Å². The lowest BCUT2D eigenvalue weighted by Gasteiger charge is -2.35. The van der Waals surface area contributed by atoms with Crippen molar-refractivity contribution in [2.75, 3.05) is 26.2 Å². The van der Waals surface area contributed by atoms with E-state index in [1.54, 1.807) is 4.90 Å². The van der Waals surface area contributed by atoms with Gasteiger partial charge in [0.1, 0.15) is 0 Å². The number of benzene rings is 1. The highest BCUT2D eigenvalue weighted by Crippen LogP contribution is 2.10. The van der Waals surface area contributed by atoms with Crippen molar-refractivity contribution in [2.24, 2.45) is 5.73 Å². The van der Waals surface area contributed by atoms with Crippen molar-refractivity contribution in [2.45, 2.75) is 25.8 Å². The largest absolute Gasteiger partial charge is 0.339 e. The van der Waals surface area contributed by atoms with Gasteiger partial charge in [-0.15, -0.1) is 0 Å². The third kappa shape index (κ3) is 4.04. The smallest absolute Gasteiger partial charge is 0.253 e. The van der Waals surface area contributed by atoms with Crippen molar-refractivity contribution in [3.8, 4) is 0 Å². The highest BCUT2D eigenvalue weighted by molar-refractivity contribution is 5.94. The second-order valence-corrected chi connectivity index (χ2v) is 5.41. The number of carbonyl (C=O) groups is 2. The molecule has 2 rings (SSSR count). The van der Waals surface area contributed by atoms with Gasteiger partial charge in [-0.3, -0.25) is 9.59 Å². The van der Waals surface area contributed by atoms with Crippen molar-refractivity contribution < 1.29 is 9.59 Å². The number of nitrogens with zero attached hydrogens (tertiary/aromatic N) is 2. The average Bonchev–Trinajstić information content (AvgIpc) is 2.55. The van der Waals surface area contributed by atoms with Gasteiger partial charge < -0.3 is 15.5 Å². The molecule has 0 aliphatic carbocycles. The lowest BCUT2D eigenvalue weighted by Crippen LogP contribution is -2.51. The van der Waals surface area contributed by atoms with E-state index in [1.165, 1.54) is 0 Å². The van der Waals surface area contributed by atoms with Crippen LogP contribution in [0.2, 0.25) is 0 Å². The first-order valence-corrected chi connectivity index (χ1v) is 7.49. The van der Waals surface area contributed by atoms with E-state index in [1.807, 2.05) is 42.2 Å². The minimum absolute atomic E-state index is 0.0351. The van der Waals surface area contributed by atoms with E-state index in [0.717, 1.165) is 6.42 Å². The van der Waals surface area contributed by atoms with Crippen molar-refractivity contribution in [1.29, 1.82) is 0 Å². The van der Waals surface area contributed by atoms with Crippen molar-refractivity contribution >= 4 is 11.8 Å². The highest BCUT2D eigenvalue weighted by Gasteiger charge is 2.25. The Morgan fingerprint density at radius 1 is 1.10 bits per heavy atom. The molecule has 0 spiro atoms. The van der Waals surface area contributed by atoms with Crippen LogP contribution in [0.15, 0.2) is 30.3 Å². The molecular formula is C16H23N3O2. The monoisotopic (exact) mass is 289 g/mol. The summed E-state index contributed by atoms with van der Waals surface area (Å²) in [7, 11) is 0. The fourth-order valence-corrected chi connectivity index (χ4v) is 2.42. The van der Waals surface area contributed by atoms with Crippen LogP contribution >= 0.6 is 0 Å². The molecule has 2 amide bonds. The maximum absolute atomic E-state index is 12.3. The summed E-state index contributed by atoms with van der Waals surface area (Å²) in [6, 6.07) is 9.18. The fourth-order valence-electron chi connectivity index (χ4n) is 2.42. The zero-order valence-corrected chi connectivity index (χ0v) is 12.5. The van der Waals surface area contributed by atoms with Crippen LogP contribution in [0.25, 0.3) is 0 Å². The maximum Gasteiger partial charge on any atom is 0.253 e. The van der Waals surface area contributed by atoms with Gasteiger partial charge in [0.15, 0.2) is 0 Å². The van der Waals surface area contributed by atoms with Gasteiger partial charge in [0.2, 0.25) is 5.91 Å². The molecule has 0 bridgehead atoms. The lowest BCUT2D eigenvalue weighted by molar-refractivity contribution is -0.133. The van der Waals surface area contributed by atoms with Crippen molar-refractivity contribution in [1.82, 2.24) is 9.80 Å². The Kier molecular flexibility index (Phi) is 5.33. The number of hydrogen-bond acceptors (Lipinski definition) is 3. The van der Waals surface area contributed by atoms with Gasteiger partial charge in [0, 0.05) is 44.2 Å². The molecule has 0 saturated carbocycles. The van der Waals surface area contributed by atoms with Gasteiger partial charge in [-0.2, -0.15) is 0 Å². The molecule has 1 aromatic carbocycles. The second-order valence-electron chi connectivity index (χ2n) is 5.41. The van der Waals surface area contributed by atoms with Gasteiger partial charge in [-0.1, -0.05) is 25.1 Å². The molecule has 1 heterocycles. The molecule has 1 aliphatic heterocycles. The van der Waals surface area contributed by atoms with Crippen LogP contribution in [-0.4, -0.2) is 53.8 Å². The van der Waals surface area contributed by atoms with E-state index in [4.69, 9.17) is 5.73 Å². The van der Waals surface area contributed by atoms with Crippen molar-refractivity contribution in [3.05, 3.63) is 35.9 Å². The molecular weight excluding hydrogens is 266 g/mol. The van der Waals surface area contributed by atoms with Crippen molar-refractivity contribution in [3.63, 3.8) is 0 Å². The molecule has 0 radical (unpaired) electrons. The molecule has 5 heteroatoms. The molecule has 1 atom stereocenters. The SMILES string of the molecule is CCC(N)CC(=O)N1CCN(C(=O)c2ccccc2)CC1. The number of hydrogen-bond donors (Lipinski definition) is 1. The number of carbonyl (C=O) groups excluding carboxylic acids is 2. The van der Waals surface area contributed by atoms with Gasteiger partial charge in [0.25, 0.3) is 5.91 Å². The summed E-state index contributed by atoms with van der Waals surface area (Å²) in [5, 5.41) is 0. The van der Waals surface area contributed by atoms with E-state index >= 15 is 0 Å². The molecule has 5 nitrogen and oxygen atoms in total. The number of amides is 2. The molecule has 2 N–H and O–H groups in total. The lowest BCUT2D eigenvalue weighted by atomic mass is 10.1. The highest BCUT2D eigenvalue weighted by atomic mass is 16.2. The topological polar surface area (TPSA) is 66.6 Å². The zero-order valence-electron chi connectivity index (χ0n) is 12.5. The molecule has 114 valence electrons. The van der Waals surface area contributed by atoms with E-state index in [9.17, 15) is 9.59 Å². The predicted octanol–water partition coefficient (Wildman–Crippen LogP) is 1.10. The Morgan fingerprint density at radius 3 is 2.24 bits per heavy atom. The Labute approximate surface area is 125 Å². The third-order valence-electron chi connectivity index (χ3n) is 3.90. The van der Waals surface area contributed by atoms with E-state index in [0.29, 0.717) is 38.2 Å². The number of piperazine rings is 1. The second kappa shape index (κ2) is 7.22. The Balaban J connectivity index is 1.86. The summed E-state index contributed by atoms with van der Waals surface area (Å²) >= 11 is 0. The Bertz CT molecular complexity index is 482. The predicted molar refractivity (Wildman–Crippen MR) is 81.8 cm³/mol. The molecule has 21 heavy (non-hydrogen) atoms. The summed E-state index contributed by atoms with van der Waals surface area (Å²) < 4.78 is 0. The molecule has 1 fully saturated rings. The molecule has 1 aliphatic rings. The van der Waals surface area contributed by atoms with Crippen LogP contribution in [0, 0.1) is 0 Å². The first-order chi connectivity index (χ1) is 10.1. The Hall–Kier alpha value is -1.88. The van der Waals surface area contributed by atoms with Crippen LogP contribution in [0.5, 0.6) is 0 Å². The van der Waals surface area contributed by atoms with Gasteiger partial charge in [-0.05, 0) is 18.6 Å². The minimum atomic E-state index is -0.0681. The average molecular weight is 289 g/mol. The molecule has 1 aromatic rings. The zero-order chi connectivity index (χ0) is 15.2. The van der Waals surface area contributed by atoms with Gasteiger partial charge >= 0.3 is 0 Å². The number of nitrogens with two attached hydrogens (primary N) is 1. The maximum atomic E-state index is 12.3. The third-order valence-corrected chi connectivity index (χ3v) is 3.90. The first kappa shape index (κ1) is 15.5. The molecule has 1 unspecified atom stereocenters. The molecule has 1 saturated heterocycles. The minimum Gasteiger partial charge on any atom is -0.339 e. The van der Waals surface area contributed by atoms with E-state index in [-0.39, 0.29) is 17.9 Å². The summed E-state index contributed by atoms with van der Waals surface area (Å²) in [4.78, 5) is 28.0. The Morgan fingerprint density at radius 2 is 1.67 bits per heavy atom. The van der Waals surface area contributed by atoms with E-state index < -0.39 is 0 Å². The summed E-state index contributed by atoms with van der Waals surface area (Å²) in [5.41, 5.74) is 6.52. The van der Waals surface area contributed by atoms with Crippen LogP contribution in [0.1, 0.15) is 30.1 Å². The first-order valence-electron chi connectivity index (χ1n) is 7.49. The van der Waals surface area contributed by atoms with Gasteiger partial charge in [0.05, 0.1) is 0 Å². The van der Waals surface area contributed by atoms with Crippen LogP contribution in [0.3, 0.4) is 0 Å². The van der Waals surface area contributed by atoms with E-state index in [2.05, 4.69) is 0 Å². The standard InChI is InChI=1S/C16H23N3O2/c1-2-14(17)12-15(20)18-8-10-19(11-9-18)16(21)13-6-4-3-5-7-13/h3-7,14H,2,8-12,17H2,1H3. The quantitative estimate of drug-likeness (QED) is 0.902. The summed E-state index contributed by atoms with van der Waals surface area (Å²) in [6.45, 7) is 4.33. The number of rotatable bonds is 4. The molecule has 0 aromatic heterocycles. The van der Waals surface area contributed by atoms with Crippen LogP contribution < -0.4 is 5.73 Å².